The lowest BCUT2D eigenvalue weighted by Gasteiger charge is -2.33. The van der Waals surface area contributed by atoms with Gasteiger partial charge in [0.25, 0.3) is 0 Å². The van der Waals surface area contributed by atoms with E-state index in [0.29, 0.717) is 63.0 Å². The van der Waals surface area contributed by atoms with Crippen LogP contribution in [-0.4, -0.2) is 178 Å². The van der Waals surface area contributed by atoms with Gasteiger partial charge in [-0.25, -0.2) is 9.37 Å². The molecule has 0 unspecified atom stereocenters. The van der Waals surface area contributed by atoms with Crippen LogP contribution in [0, 0.1) is 42.3 Å². The molecule has 4 aromatic carbocycles. The number of azide groups is 1. The fourth-order valence-corrected chi connectivity index (χ4v) is 13.7. The van der Waals surface area contributed by atoms with E-state index in [1.165, 1.54) is 32.0 Å². The predicted molar refractivity (Wildman–Crippen MR) is 419 cm³/mol. The first-order valence-corrected chi connectivity index (χ1v) is 38.7. The number of amides is 6. The van der Waals surface area contributed by atoms with Crippen LogP contribution in [0.25, 0.3) is 21.6 Å². The van der Waals surface area contributed by atoms with E-state index in [0.717, 1.165) is 64.9 Å². The number of aliphatic hydroxyl groups is 3. The standard InChI is InChI=1S/C82H110FN15O16/c1-9-55-38-63(114-33-15-14-32-88-96-85)30-31-64(55)56-28-26-53(27-29-56)37-58(77(110)90-66(76(84)109)24-16-18-54-35-49(2)34-50(3)36-54)39-68(103)67(42-73(107)108)91-78(111)59(47-99)40-69(104)74(51(4)100)93-80(113)82(8,43-57-19-10-13-23-65(57)83)45-70(105)75(52(5)101)92-72(106)25-17-21-60(41-71-94-97-98-95-71)89-79(112)81(6,7)44-62(102)22-12-11-20-61-46-86-48-87-61/h10,13,19,23,26-31,34-36,38,46,48,51-52,58-60,66-67,74-75,99-101H,9,11-12,14-18,20-22,24-25,32-33,37,39-45,47H2,1-8H3,(H2,84,109)(H,86,87)(H,89,112)(H,90,110)(H,91,111)(H,92,106)(H,93,113)(H,107,108)(H,94,95,97,98)/t51-,52-,58-,59+,60-,66+,67+,74+,75+,82-/m1/s1. The monoisotopic (exact) mass is 1580 g/mol. The molecule has 0 saturated carbocycles. The van der Waals surface area contributed by atoms with Gasteiger partial charge in [0.15, 0.2) is 23.2 Å². The number of carbonyl (C=O) groups excluding carboxylic acids is 10. The van der Waals surface area contributed by atoms with E-state index in [-0.39, 0.29) is 68.5 Å². The summed E-state index contributed by atoms with van der Waals surface area (Å²) in [5.41, 5.74) is 18.5. The predicted octanol–water partition coefficient (Wildman–Crippen LogP) is 7.25. The average Bonchev–Trinajstić information content (AvgIpc) is 0.842. The second-order valence-corrected chi connectivity index (χ2v) is 30.4. The Balaban J connectivity index is 1.15. The number of ether oxygens (including phenoxy) is 1. The zero-order valence-electron chi connectivity index (χ0n) is 66.2. The summed E-state index contributed by atoms with van der Waals surface area (Å²) in [6, 6.07) is 16.8. The summed E-state index contributed by atoms with van der Waals surface area (Å²) in [6.45, 7) is 12.5. The van der Waals surface area contributed by atoms with Gasteiger partial charge in [0, 0.05) is 80.3 Å². The molecule has 0 aliphatic rings. The molecule has 31 nitrogen and oxygen atoms in total. The third-order valence-corrected chi connectivity index (χ3v) is 20.0. The Morgan fingerprint density at radius 3 is 2.01 bits per heavy atom. The molecule has 0 fully saturated rings. The summed E-state index contributed by atoms with van der Waals surface area (Å²) in [7, 11) is 0. The lowest BCUT2D eigenvalue weighted by molar-refractivity contribution is -0.142. The van der Waals surface area contributed by atoms with Crippen LogP contribution in [0.3, 0.4) is 0 Å². The lowest BCUT2D eigenvalue weighted by atomic mass is 9.76. The highest BCUT2D eigenvalue weighted by Crippen LogP contribution is 2.33. The molecule has 114 heavy (non-hydrogen) atoms. The number of H-pyrrole nitrogens is 2. The molecule has 13 N–H and O–H groups in total. The number of imidazole rings is 1. The fourth-order valence-electron chi connectivity index (χ4n) is 13.7. The van der Waals surface area contributed by atoms with Crippen molar-refractivity contribution in [1.82, 2.24) is 57.2 Å². The number of nitrogens with one attached hydrogen (secondary N) is 7. The van der Waals surface area contributed by atoms with Crippen molar-refractivity contribution >= 4 is 64.5 Å². The van der Waals surface area contributed by atoms with E-state index >= 15 is 4.39 Å². The van der Waals surface area contributed by atoms with E-state index in [4.69, 9.17) is 16.0 Å². The first-order chi connectivity index (χ1) is 54.2. The second-order valence-electron chi connectivity index (χ2n) is 30.4. The van der Waals surface area contributed by atoms with Crippen LogP contribution in [0.4, 0.5) is 4.39 Å². The molecule has 2 heterocycles. The molecule has 10 atom stereocenters. The van der Waals surface area contributed by atoms with Crippen LogP contribution in [0.5, 0.6) is 5.75 Å². The first kappa shape index (κ1) is 91.9. The number of hydrogen-bond donors (Lipinski definition) is 12. The van der Waals surface area contributed by atoms with Gasteiger partial charge in [0.2, 0.25) is 35.4 Å². The van der Waals surface area contributed by atoms with Crippen LogP contribution in [0.2, 0.25) is 0 Å². The minimum absolute atomic E-state index is 0.0392. The third kappa shape index (κ3) is 30.2. The summed E-state index contributed by atoms with van der Waals surface area (Å²) in [6.07, 6.45) is 1.22. The normalized spacial score (nSPS) is 14.3. The van der Waals surface area contributed by atoms with E-state index in [2.05, 4.69) is 67.2 Å². The van der Waals surface area contributed by atoms with Crippen molar-refractivity contribution in [3.8, 4) is 16.9 Å². The number of hydrogen-bond acceptors (Lipinski definition) is 20. The van der Waals surface area contributed by atoms with Crippen molar-refractivity contribution in [3.63, 3.8) is 0 Å². The number of primary amides is 1. The number of nitrogens with two attached hydrogens (primary N) is 1. The van der Waals surface area contributed by atoms with E-state index in [1.807, 2.05) is 69.3 Å². The van der Waals surface area contributed by atoms with Crippen molar-refractivity contribution in [2.75, 3.05) is 19.8 Å². The Bertz CT molecular complexity index is 4240. The number of rotatable bonds is 53. The van der Waals surface area contributed by atoms with Crippen LogP contribution < -0.4 is 37.1 Å². The fraction of sp³-hybridized carbons (Fsp3) is 0.524. The molecular weight excluding hydrogens is 1470 g/mol. The Kier molecular flexibility index (Phi) is 36.8. The number of halogens is 1. The molecule has 0 aliphatic heterocycles. The van der Waals surface area contributed by atoms with Crippen molar-refractivity contribution < 1.29 is 82.3 Å². The van der Waals surface area contributed by atoms with Crippen molar-refractivity contribution in [3.05, 3.63) is 159 Å². The van der Waals surface area contributed by atoms with Crippen molar-refractivity contribution in [2.45, 2.75) is 233 Å². The number of tetrazole rings is 1. The minimum atomic E-state index is -2.04. The summed E-state index contributed by atoms with van der Waals surface area (Å²) in [5.74, 6) is -12.7. The Morgan fingerprint density at radius 2 is 1.38 bits per heavy atom. The second kappa shape index (κ2) is 45.7. The number of carboxylic acid groups (broad SMARTS) is 1. The third-order valence-electron chi connectivity index (χ3n) is 20.0. The molecular formula is C82H110FN15O16. The number of Topliss-reactive ketones (excluding diaryl/α,β-unsaturated/α-hetero) is 4. The lowest BCUT2D eigenvalue weighted by Crippen LogP contribution is -2.55. The number of ketones is 4. The Hall–Kier alpha value is -11.0. The summed E-state index contributed by atoms with van der Waals surface area (Å²) >= 11 is 0. The molecule has 32 heteroatoms. The van der Waals surface area contributed by atoms with Gasteiger partial charge in [-0.15, -0.1) is 10.2 Å². The van der Waals surface area contributed by atoms with Crippen LogP contribution in [0.1, 0.15) is 183 Å². The van der Waals surface area contributed by atoms with Gasteiger partial charge in [-0.1, -0.05) is 116 Å². The number of aromatic nitrogens is 6. The zero-order valence-corrected chi connectivity index (χ0v) is 66.2. The number of aryl methyl sites for hydroxylation is 5. The zero-order chi connectivity index (χ0) is 83.7. The number of aliphatic hydroxyl groups excluding tert-OH is 3. The maximum atomic E-state index is 15.6. The van der Waals surface area contributed by atoms with Gasteiger partial charge in [0.1, 0.15) is 35.5 Å². The quantitative estimate of drug-likeness (QED) is 0.00774. The highest BCUT2D eigenvalue weighted by atomic mass is 19.1. The molecule has 6 rings (SSSR count). The number of aliphatic carboxylic acids is 1. The van der Waals surface area contributed by atoms with Gasteiger partial charge in [0.05, 0.1) is 61.0 Å². The largest absolute Gasteiger partial charge is 0.494 e. The number of carbonyl (C=O) groups is 11. The minimum Gasteiger partial charge on any atom is -0.494 e. The molecule has 0 saturated heterocycles. The highest BCUT2D eigenvalue weighted by Gasteiger charge is 2.43. The van der Waals surface area contributed by atoms with Crippen molar-refractivity contribution in [2.24, 2.45) is 33.5 Å². The number of unbranched alkanes of at least 4 members (excludes halogenated alkanes) is 2. The first-order valence-electron chi connectivity index (χ1n) is 38.7. The van der Waals surface area contributed by atoms with E-state index < -0.39 is 168 Å². The van der Waals surface area contributed by atoms with Crippen molar-refractivity contribution in [1.29, 1.82) is 0 Å². The van der Waals surface area contributed by atoms with E-state index in [1.54, 1.807) is 38.5 Å². The summed E-state index contributed by atoms with van der Waals surface area (Å²) < 4.78 is 21.6. The molecule has 0 bridgehead atoms. The number of nitrogens with zero attached hydrogens (tertiary/aromatic N) is 7. The number of carboxylic acids is 1. The molecule has 6 aromatic rings. The number of aromatic amines is 2. The topological polar surface area (TPSA) is 496 Å². The molecule has 616 valence electrons. The Morgan fingerprint density at radius 1 is 0.693 bits per heavy atom. The molecule has 0 spiro atoms. The highest BCUT2D eigenvalue weighted by molar-refractivity contribution is 5.99. The Labute approximate surface area is 662 Å². The SMILES string of the molecule is CCc1cc(OCCCCN=[N+]=[N-])ccc1-c1ccc(C[C@H](CC(=O)[C@H](CC(=O)O)NC(=O)[C@H](CO)CC(=O)[C@@H](NC(=O)[C@@](C)(CC(=O)[C@@H](NC(=O)CCC[C@H](Cc2nn[nH]n2)NC(=O)C(C)(C)CC(=O)CCCCc2cnc[nH]2)[C@@H](C)O)Cc2ccccc2F)[C@@H](C)O)C(=O)N[C@@H](CCCc2cc(C)cc(C)c2)C(N)=O)cc1. The van der Waals surface area contributed by atoms with Crippen LogP contribution >= 0.6 is 0 Å². The number of benzene rings is 4. The van der Waals surface area contributed by atoms with Gasteiger partial charge >= 0.3 is 5.97 Å². The van der Waals surface area contributed by atoms with E-state index in [9.17, 15) is 73.2 Å². The van der Waals surface area contributed by atoms with Gasteiger partial charge < -0.3 is 62.5 Å². The summed E-state index contributed by atoms with van der Waals surface area (Å²) in [4.78, 5) is 163. The maximum absolute atomic E-state index is 15.6. The van der Waals surface area contributed by atoms with Gasteiger partial charge in [-0.2, -0.15) is 5.21 Å². The summed E-state index contributed by atoms with van der Waals surface area (Å²) in [5, 5.41) is 73.7. The average molecular weight is 1580 g/mol. The molecule has 0 radical (unpaired) electrons. The molecule has 6 amide bonds. The molecule has 0 aliphatic carbocycles. The van der Waals surface area contributed by atoms with Crippen LogP contribution in [0.15, 0.2) is 103 Å². The molecule has 2 aromatic heterocycles. The van der Waals surface area contributed by atoms with Crippen LogP contribution in [-0.2, 0) is 91.3 Å². The maximum Gasteiger partial charge on any atom is 0.305 e. The van der Waals surface area contributed by atoms with Gasteiger partial charge in [-0.3, -0.25) is 52.7 Å². The van der Waals surface area contributed by atoms with Gasteiger partial charge in [-0.05, 0) is 168 Å². The smallest absolute Gasteiger partial charge is 0.305 e.